The molecule has 0 amide bonds. The highest BCUT2D eigenvalue weighted by atomic mass is 79.9. The van der Waals surface area contributed by atoms with E-state index in [0.717, 1.165) is 15.7 Å². The van der Waals surface area contributed by atoms with Gasteiger partial charge in [0.2, 0.25) is 0 Å². The number of aryl methyl sites for hydroxylation is 1. The van der Waals surface area contributed by atoms with Gasteiger partial charge in [-0.2, -0.15) is 0 Å². The standard InChI is InChI=1S/C16H17BrClNO2/c1-11-5-6-12(17)7-16(11)19-9-14(20)10-21-15-4-2-3-13(18)8-15/h2-8,14,19-20H,9-10H2,1H3. The van der Waals surface area contributed by atoms with Crippen LogP contribution in [0.4, 0.5) is 5.69 Å². The van der Waals surface area contributed by atoms with Crippen LogP contribution in [0.2, 0.25) is 5.02 Å². The number of ether oxygens (including phenoxy) is 1. The molecular weight excluding hydrogens is 354 g/mol. The first kappa shape index (κ1) is 16.1. The van der Waals surface area contributed by atoms with Crippen LogP contribution in [0, 0.1) is 6.92 Å². The van der Waals surface area contributed by atoms with Gasteiger partial charge in [0, 0.05) is 21.7 Å². The Balaban J connectivity index is 1.82. The summed E-state index contributed by atoms with van der Waals surface area (Å²) >= 11 is 9.31. The molecule has 3 nitrogen and oxygen atoms in total. The predicted octanol–water partition coefficient (Wildman–Crippen LogP) is 4.26. The van der Waals surface area contributed by atoms with Gasteiger partial charge >= 0.3 is 0 Å². The van der Waals surface area contributed by atoms with Gasteiger partial charge in [0.25, 0.3) is 0 Å². The van der Waals surface area contributed by atoms with E-state index in [1.807, 2.05) is 37.3 Å². The third kappa shape index (κ3) is 5.23. The molecule has 0 saturated carbocycles. The van der Waals surface area contributed by atoms with Gasteiger partial charge in [-0.1, -0.05) is 39.7 Å². The third-order valence-electron chi connectivity index (χ3n) is 2.97. The van der Waals surface area contributed by atoms with Crippen molar-refractivity contribution in [3.8, 4) is 5.75 Å². The van der Waals surface area contributed by atoms with Gasteiger partial charge in [0.15, 0.2) is 0 Å². The lowest BCUT2D eigenvalue weighted by Crippen LogP contribution is -2.26. The molecule has 0 radical (unpaired) electrons. The summed E-state index contributed by atoms with van der Waals surface area (Å²) in [5, 5.41) is 13.8. The van der Waals surface area contributed by atoms with Crippen molar-refractivity contribution < 1.29 is 9.84 Å². The molecule has 21 heavy (non-hydrogen) atoms. The highest BCUT2D eigenvalue weighted by Gasteiger charge is 2.07. The minimum atomic E-state index is -0.609. The Morgan fingerprint density at radius 2 is 2.10 bits per heavy atom. The zero-order chi connectivity index (χ0) is 15.2. The zero-order valence-electron chi connectivity index (χ0n) is 11.6. The van der Waals surface area contributed by atoms with Crippen molar-refractivity contribution in [2.24, 2.45) is 0 Å². The summed E-state index contributed by atoms with van der Waals surface area (Å²) in [5.41, 5.74) is 2.12. The molecule has 112 valence electrons. The minimum absolute atomic E-state index is 0.209. The summed E-state index contributed by atoms with van der Waals surface area (Å²) < 4.78 is 6.51. The van der Waals surface area contributed by atoms with Gasteiger partial charge in [-0.25, -0.2) is 0 Å². The number of nitrogens with one attached hydrogen (secondary N) is 1. The number of anilines is 1. The van der Waals surface area contributed by atoms with Gasteiger partial charge in [-0.15, -0.1) is 0 Å². The van der Waals surface area contributed by atoms with Crippen molar-refractivity contribution in [3.05, 3.63) is 57.5 Å². The summed E-state index contributed by atoms with van der Waals surface area (Å²) in [5.74, 6) is 0.653. The highest BCUT2D eigenvalue weighted by molar-refractivity contribution is 9.10. The Morgan fingerprint density at radius 3 is 2.86 bits per heavy atom. The van der Waals surface area contributed by atoms with Crippen LogP contribution < -0.4 is 10.1 Å². The molecule has 0 fully saturated rings. The molecule has 0 bridgehead atoms. The monoisotopic (exact) mass is 369 g/mol. The number of aliphatic hydroxyl groups excluding tert-OH is 1. The van der Waals surface area contributed by atoms with E-state index >= 15 is 0 Å². The maximum Gasteiger partial charge on any atom is 0.120 e. The SMILES string of the molecule is Cc1ccc(Br)cc1NCC(O)COc1cccc(Cl)c1. The first-order valence-electron chi connectivity index (χ1n) is 6.61. The highest BCUT2D eigenvalue weighted by Crippen LogP contribution is 2.21. The molecule has 2 aromatic rings. The number of halogens is 2. The number of hydrogen-bond acceptors (Lipinski definition) is 3. The van der Waals surface area contributed by atoms with Crippen LogP contribution in [0.5, 0.6) is 5.75 Å². The van der Waals surface area contributed by atoms with Gasteiger partial charge in [0.1, 0.15) is 18.5 Å². The molecule has 0 aliphatic heterocycles. The minimum Gasteiger partial charge on any atom is -0.491 e. The van der Waals surface area contributed by atoms with E-state index in [4.69, 9.17) is 16.3 Å². The van der Waals surface area contributed by atoms with E-state index in [-0.39, 0.29) is 6.61 Å². The Labute approximate surface area is 138 Å². The Kier molecular flexibility index (Phi) is 5.91. The Morgan fingerprint density at radius 1 is 1.29 bits per heavy atom. The lowest BCUT2D eigenvalue weighted by Gasteiger charge is -2.15. The van der Waals surface area contributed by atoms with Crippen LogP contribution in [-0.2, 0) is 0 Å². The molecule has 1 unspecified atom stereocenters. The number of rotatable bonds is 6. The molecule has 2 aromatic carbocycles. The van der Waals surface area contributed by atoms with Crippen LogP contribution in [0.3, 0.4) is 0 Å². The zero-order valence-corrected chi connectivity index (χ0v) is 14.0. The molecule has 5 heteroatoms. The summed E-state index contributed by atoms with van der Waals surface area (Å²) in [6.45, 7) is 2.64. The first-order chi connectivity index (χ1) is 10.0. The Bertz CT molecular complexity index is 607. The normalized spacial score (nSPS) is 12.0. The van der Waals surface area contributed by atoms with E-state index < -0.39 is 6.10 Å². The predicted molar refractivity (Wildman–Crippen MR) is 90.3 cm³/mol. The quantitative estimate of drug-likeness (QED) is 0.798. The van der Waals surface area contributed by atoms with E-state index in [2.05, 4.69) is 21.2 Å². The van der Waals surface area contributed by atoms with Crippen molar-refractivity contribution in [1.82, 2.24) is 0 Å². The third-order valence-corrected chi connectivity index (χ3v) is 3.69. The largest absolute Gasteiger partial charge is 0.491 e. The van der Waals surface area contributed by atoms with Gasteiger partial charge in [-0.05, 0) is 42.8 Å². The van der Waals surface area contributed by atoms with Crippen LogP contribution in [-0.4, -0.2) is 24.4 Å². The summed E-state index contributed by atoms with van der Waals surface area (Å²) in [7, 11) is 0. The second kappa shape index (κ2) is 7.69. The van der Waals surface area contributed by atoms with E-state index in [0.29, 0.717) is 17.3 Å². The fraction of sp³-hybridized carbons (Fsp3) is 0.250. The van der Waals surface area contributed by atoms with Gasteiger partial charge in [0.05, 0.1) is 0 Å². The van der Waals surface area contributed by atoms with E-state index in [1.54, 1.807) is 12.1 Å². The topological polar surface area (TPSA) is 41.5 Å². The maximum absolute atomic E-state index is 9.97. The second-order valence-corrected chi connectivity index (χ2v) is 6.11. The summed E-state index contributed by atoms with van der Waals surface area (Å²) in [6.07, 6.45) is -0.609. The van der Waals surface area contributed by atoms with E-state index in [9.17, 15) is 5.11 Å². The lowest BCUT2D eigenvalue weighted by molar-refractivity contribution is 0.117. The molecule has 0 spiro atoms. The Hall–Kier alpha value is -1.23. The van der Waals surface area contributed by atoms with Crippen LogP contribution in [0.15, 0.2) is 46.9 Å². The van der Waals surface area contributed by atoms with Crippen molar-refractivity contribution in [2.75, 3.05) is 18.5 Å². The molecular formula is C16H17BrClNO2. The molecule has 0 saturated heterocycles. The number of hydrogen-bond donors (Lipinski definition) is 2. The van der Waals surface area contributed by atoms with Crippen LogP contribution in [0.25, 0.3) is 0 Å². The molecule has 0 heterocycles. The molecule has 1 atom stereocenters. The smallest absolute Gasteiger partial charge is 0.120 e. The van der Waals surface area contributed by atoms with Crippen molar-refractivity contribution in [1.29, 1.82) is 0 Å². The number of aliphatic hydroxyl groups is 1. The van der Waals surface area contributed by atoms with Crippen molar-refractivity contribution in [2.45, 2.75) is 13.0 Å². The maximum atomic E-state index is 9.97. The van der Waals surface area contributed by atoms with Crippen LogP contribution >= 0.6 is 27.5 Å². The average Bonchev–Trinajstić information content (AvgIpc) is 2.46. The van der Waals surface area contributed by atoms with Gasteiger partial charge in [-0.3, -0.25) is 0 Å². The summed E-state index contributed by atoms with van der Waals surface area (Å²) in [4.78, 5) is 0. The van der Waals surface area contributed by atoms with Crippen molar-refractivity contribution >= 4 is 33.2 Å². The fourth-order valence-electron chi connectivity index (χ4n) is 1.82. The molecule has 2 rings (SSSR count). The van der Waals surface area contributed by atoms with Crippen molar-refractivity contribution in [3.63, 3.8) is 0 Å². The second-order valence-electron chi connectivity index (χ2n) is 4.76. The first-order valence-corrected chi connectivity index (χ1v) is 7.78. The molecule has 0 aliphatic rings. The fourth-order valence-corrected chi connectivity index (χ4v) is 2.36. The van der Waals surface area contributed by atoms with Gasteiger partial charge < -0.3 is 15.2 Å². The average molecular weight is 371 g/mol. The van der Waals surface area contributed by atoms with Crippen LogP contribution in [0.1, 0.15) is 5.56 Å². The molecule has 0 aromatic heterocycles. The summed E-state index contributed by atoms with van der Waals surface area (Å²) in [6, 6.07) is 13.1. The number of benzene rings is 2. The molecule has 0 aliphatic carbocycles. The lowest BCUT2D eigenvalue weighted by atomic mass is 10.2. The molecule has 2 N–H and O–H groups in total. The van der Waals surface area contributed by atoms with E-state index in [1.165, 1.54) is 0 Å².